The van der Waals surface area contributed by atoms with E-state index in [0.717, 1.165) is 31.0 Å². The fourth-order valence-corrected chi connectivity index (χ4v) is 4.07. The normalized spacial score (nSPS) is 40.5. The van der Waals surface area contributed by atoms with E-state index in [1.54, 1.807) is 0 Å². The Labute approximate surface area is 111 Å². The minimum absolute atomic E-state index is 0.505. The molecule has 3 fully saturated rings. The summed E-state index contributed by atoms with van der Waals surface area (Å²) in [4.78, 5) is 2.66. The first-order chi connectivity index (χ1) is 8.85. The van der Waals surface area contributed by atoms with Gasteiger partial charge < -0.3 is 15.0 Å². The molecule has 3 rings (SSSR count). The monoisotopic (exact) mass is 252 g/mol. The highest BCUT2D eigenvalue weighted by molar-refractivity contribution is 4.98. The molecule has 3 aliphatic heterocycles. The van der Waals surface area contributed by atoms with E-state index in [4.69, 9.17) is 4.74 Å². The van der Waals surface area contributed by atoms with Crippen LogP contribution in [-0.2, 0) is 4.74 Å². The van der Waals surface area contributed by atoms with Crippen LogP contribution in [0.2, 0.25) is 0 Å². The van der Waals surface area contributed by atoms with Crippen molar-refractivity contribution in [2.24, 2.45) is 5.92 Å². The molecule has 0 spiro atoms. The number of nitrogens with zero attached hydrogens (tertiary/aromatic N) is 1. The summed E-state index contributed by atoms with van der Waals surface area (Å²) in [6.07, 6.45) is 8.50. The van der Waals surface area contributed by atoms with E-state index in [0.29, 0.717) is 6.10 Å². The van der Waals surface area contributed by atoms with Crippen molar-refractivity contribution in [3.63, 3.8) is 0 Å². The lowest BCUT2D eigenvalue weighted by Gasteiger charge is -2.35. The minimum Gasteiger partial charge on any atom is -0.377 e. The molecule has 1 N–H and O–H groups in total. The van der Waals surface area contributed by atoms with Crippen LogP contribution in [0, 0.1) is 5.92 Å². The third-order valence-corrected chi connectivity index (χ3v) is 4.94. The highest BCUT2D eigenvalue weighted by Crippen LogP contribution is 2.34. The van der Waals surface area contributed by atoms with E-state index in [9.17, 15) is 0 Å². The predicted molar refractivity (Wildman–Crippen MR) is 73.8 cm³/mol. The quantitative estimate of drug-likeness (QED) is 0.810. The molecule has 3 heterocycles. The Morgan fingerprint density at radius 3 is 2.94 bits per heavy atom. The Hall–Kier alpha value is -0.120. The number of ether oxygens (including phenoxy) is 1. The van der Waals surface area contributed by atoms with Crippen molar-refractivity contribution in [2.75, 3.05) is 26.2 Å². The highest BCUT2D eigenvalue weighted by Gasteiger charge is 2.39. The van der Waals surface area contributed by atoms with Crippen molar-refractivity contribution >= 4 is 0 Å². The van der Waals surface area contributed by atoms with Crippen molar-refractivity contribution < 1.29 is 4.74 Å². The number of piperidine rings is 1. The van der Waals surface area contributed by atoms with Gasteiger partial charge in [-0.05, 0) is 51.0 Å². The number of rotatable bonds is 5. The molecule has 4 atom stereocenters. The standard InChI is InChI=1S/C15H28N2O/c1-2-8-18-14-4-3-7-17(11-14)10-12-9-13-5-6-15(12)16-13/h12-16H,2-11H2,1H3. The second kappa shape index (κ2) is 5.89. The molecule has 3 aliphatic rings. The van der Waals surface area contributed by atoms with Gasteiger partial charge in [0.1, 0.15) is 0 Å². The number of hydrogen-bond acceptors (Lipinski definition) is 3. The van der Waals surface area contributed by atoms with Gasteiger partial charge in [-0.2, -0.15) is 0 Å². The fourth-order valence-electron chi connectivity index (χ4n) is 4.07. The Kier molecular flexibility index (Phi) is 4.22. The number of fused-ring (bicyclic) bond motifs is 2. The minimum atomic E-state index is 0.505. The van der Waals surface area contributed by atoms with Gasteiger partial charge >= 0.3 is 0 Å². The second-order valence-corrected chi connectivity index (χ2v) is 6.44. The van der Waals surface area contributed by atoms with E-state index in [2.05, 4.69) is 17.1 Å². The second-order valence-electron chi connectivity index (χ2n) is 6.44. The van der Waals surface area contributed by atoms with Gasteiger partial charge in [0.15, 0.2) is 0 Å². The van der Waals surface area contributed by atoms with Gasteiger partial charge in [-0.15, -0.1) is 0 Å². The van der Waals surface area contributed by atoms with Crippen molar-refractivity contribution in [1.29, 1.82) is 0 Å². The van der Waals surface area contributed by atoms with Crippen LogP contribution in [0.1, 0.15) is 45.4 Å². The fraction of sp³-hybridized carbons (Fsp3) is 1.00. The van der Waals surface area contributed by atoms with Crippen LogP contribution >= 0.6 is 0 Å². The van der Waals surface area contributed by atoms with Crippen LogP contribution in [-0.4, -0.2) is 49.3 Å². The van der Waals surface area contributed by atoms with E-state index < -0.39 is 0 Å². The molecular formula is C15H28N2O. The van der Waals surface area contributed by atoms with Crippen LogP contribution < -0.4 is 5.32 Å². The van der Waals surface area contributed by atoms with Crippen molar-refractivity contribution in [2.45, 2.75) is 63.6 Å². The van der Waals surface area contributed by atoms with Gasteiger partial charge in [0.05, 0.1) is 6.10 Å². The molecule has 104 valence electrons. The zero-order valence-electron chi connectivity index (χ0n) is 11.7. The summed E-state index contributed by atoms with van der Waals surface area (Å²) in [5.74, 6) is 0.911. The molecule has 0 aromatic rings. The van der Waals surface area contributed by atoms with E-state index in [1.807, 2.05) is 0 Å². The lowest BCUT2D eigenvalue weighted by Crippen LogP contribution is -2.44. The van der Waals surface area contributed by atoms with Crippen molar-refractivity contribution in [3.8, 4) is 0 Å². The molecule has 0 radical (unpaired) electrons. The van der Waals surface area contributed by atoms with Crippen LogP contribution in [0.5, 0.6) is 0 Å². The predicted octanol–water partition coefficient (Wildman–Crippen LogP) is 2.02. The first-order valence-corrected chi connectivity index (χ1v) is 7.95. The summed E-state index contributed by atoms with van der Waals surface area (Å²) in [5, 5.41) is 3.76. The van der Waals surface area contributed by atoms with Gasteiger partial charge in [-0.3, -0.25) is 0 Å². The van der Waals surface area contributed by atoms with E-state index in [-0.39, 0.29) is 0 Å². The lowest BCUT2D eigenvalue weighted by atomic mass is 9.88. The molecule has 0 aliphatic carbocycles. The smallest absolute Gasteiger partial charge is 0.0702 e. The van der Waals surface area contributed by atoms with Gasteiger partial charge in [0.2, 0.25) is 0 Å². The highest BCUT2D eigenvalue weighted by atomic mass is 16.5. The third kappa shape index (κ3) is 2.89. The average Bonchev–Trinajstić information content (AvgIpc) is 2.99. The lowest BCUT2D eigenvalue weighted by molar-refractivity contribution is -0.00472. The maximum Gasteiger partial charge on any atom is 0.0702 e. The Morgan fingerprint density at radius 1 is 1.28 bits per heavy atom. The average molecular weight is 252 g/mol. The SMILES string of the molecule is CCCOC1CCCN(CC2CC3CCC2N3)C1. The summed E-state index contributed by atoms with van der Waals surface area (Å²) in [6, 6.07) is 1.67. The van der Waals surface area contributed by atoms with E-state index >= 15 is 0 Å². The van der Waals surface area contributed by atoms with Crippen molar-refractivity contribution in [1.82, 2.24) is 10.2 Å². The Balaban J connectivity index is 1.44. The summed E-state index contributed by atoms with van der Waals surface area (Å²) >= 11 is 0. The zero-order valence-corrected chi connectivity index (χ0v) is 11.7. The van der Waals surface area contributed by atoms with E-state index in [1.165, 1.54) is 51.7 Å². The molecule has 3 nitrogen and oxygen atoms in total. The van der Waals surface area contributed by atoms with Gasteiger partial charge in [-0.1, -0.05) is 6.92 Å². The summed E-state index contributed by atoms with van der Waals surface area (Å²) in [6.45, 7) is 6.91. The number of nitrogens with one attached hydrogen (secondary N) is 1. The number of hydrogen-bond donors (Lipinski definition) is 1. The first-order valence-electron chi connectivity index (χ1n) is 7.95. The summed E-state index contributed by atoms with van der Waals surface area (Å²) in [5.41, 5.74) is 0. The molecule has 0 aromatic heterocycles. The molecule has 4 unspecified atom stereocenters. The maximum atomic E-state index is 5.93. The summed E-state index contributed by atoms with van der Waals surface area (Å²) < 4.78 is 5.93. The number of likely N-dealkylation sites (tertiary alicyclic amines) is 1. The maximum absolute atomic E-state index is 5.93. The van der Waals surface area contributed by atoms with Gasteiger partial charge in [0.25, 0.3) is 0 Å². The van der Waals surface area contributed by atoms with Gasteiger partial charge in [0, 0.05) is 31.8 Å². The molecule has 18 heavy (non-hydrogen) atoms. The molecule has 3 heteroatoms. The Morgan fingerprint density at radius 2 is 2.22 bits per heavy atom. The molecule has 3 saturated heterocycles. The Bertz CT molecular complexity index is 271. The van der Waals surface area contributed by atoms with Crippen LogP contribution in [0.25, 0.3) is 0 Å². The molecular weight excluding hydrogens is 224 g/mol. The molecule has 0 amide bonds. The molecule has 0 aromatic carbocycles. The van der Waals surface area contributed by atoms with Crippen LogP contribution in [0.3, 0.4) is 0 Å². The zero-order chi connectivity index (χ0) is 12.4. The topological polar surface area (TPSA) is 24.5 Å². The largest absolute Gasteiger partial charge is 0.377 e. The third-order valence-electron chi connectivity index (χ3n) is 4.94. The van der Waals surface area contributed by atoms with Gasteiger partial charge in [-0.25, -0.2) is 0 Å². The van der Waals surface area contributed by atoms with Crippen LogP contribution in [0.15, 0.2) is 0 Å². The van der Waals surface area contributed by atoms with Crippen LogP contribution in [0.4, 0.5) is 0 Å². The first kappa shape index (κ1) is 12.9. The van der Waals surface area contributed by atoms with Crippen molar-refractivity contribution in [3.05, 3.63) is 0 Å². The molecule has 2 bridgehead atoms. The summed E-state index contributed by atoms with van der Waals surface area (Å²) in [7, 11) is 0. The molecule has 0 saturated carbocycles.